The highest BCUT2D eigenvalue weighted by Gasteiger charge is 2.37. The van der Waals surface area contributed by atoms with E-state index in [1.54, 1.807) is 14.2 Å². The van der Waals surface area contributed by atoms with Gasteiger partial charge in [0.1, 0.15) is 11.6 Å². The van der Waals surface area contributed by atoms with Crippen LogP contribution in [0.3, 0.4) is 0 Å². The molecular weight excluding hydrogens is 797 g/mol. The molecule has 2 aromatic heterocycles. The van der Waals surface area contributed by atoms with Crippen molar-refractivity contribution in [1.29, 1.82) is 0 Å². The second kappa shape index (κ2) is 32.1. The van der Waals surface area contributed by atoms with Crippen molar-refractivity contribution < 1.29 is 43.6 Å². The lowest BCUT2D eigenvalue weighted by molar-refractivity contribution is -0.134. The number of amides is 3. The fraction of sp³-hybridized carbons (Fsp3) is 0.511. The fourth-order valence-electron chi connectivity index (χ4n) is 6.94. The maximum Gasteiger partial charge on any atom is 0.404 e. The number of aliphatic hydroxyl groups is 2. The number of benzene rings is 2. The van der Waals surface area contributed by atoms with Gasteiger partial charge in [0, 0.05) is 53.9 Å². The number of H-pyrrole nitrogens is 2. The van der Waals surface area contributed by atoms with Crippen LogP contribution >= 0.6 is 0 Å². The van der Waals surface area contributed by atoms with E-state index in [-0.39, 0.29) is 29.9 Å². The van der Waals surface area contributed by atoms with Gasteiger partial charge in [-0.25, -0.2) is 14.8 Å². The third-order valence-electron chi connectivity index (χ3n) is 9.56. The van der Waals surface area contributed by atoms with Crippen LogP contribution in [0.5, 0.6) is 0 Å². The van der Waals surface area contributed by atoms with Gasteiger partial charge in [0.05, 0.1) is 50.1 Å². The van der Waals surface area contributed by atoms with Gasteiger partial charge >= 0.3 is 6.09 Å². The van der Waals surface area contributed by atoms with E-state index in [2.05, 4.69) is 105 Å². The Kier molecular flexibility index (Phi) is 29.2. The first-order valence-corrected chi connectivity index (χ1v) is 20.5. The van der Waals surface area contributed by atoms with Crippen LogP contribution in [-0.2, 0) is 28.6 Å². The minimum absolute atomic E-state index is 0.0192. The van der Waals surface area contributed by atoms with Crippen molar-refractivity contribution in [2.24, 2.45) is 17.4 Å². The summed E-state index contributed by atoms with van der Waals surface area (Å²) >= 11 is 0. The molecule has 0 saturated carbocycles. The van der Waals surface area contributed by atoms with E-state index < -0.39 is 6.09 Å². The Morgan fingerprint density at radius 2 is 1.13 bits per heavy atom. The quantitative estimate of drug-likeness (QED) is 0.0968. The fourth-order valence-corrected chi connectivity index (χ4v) is 6.94. The van der Waals surface area contributed by atoms with Crippen molar-refractivity contribution in [1.82, 2.24) is 29.7 Å². The summed E-state index contributed by atoms with van der Waals surface area (Å²) < 4.78 is 12.0. The molecule has 4 aromatic rings. The summed E-state index contributed by atoms with van der Waals surface area (Å²) in [4.78, 5) is 64.2. The molecule has 4 atom stereocenters. The molecule has 2 saturated heterocycles. The molecule has 346 valence electrons. The zero-order chi connectivity index (χ0) is 47.2. The normalized spacial score (nSPS) is 16.9. The van der Waals surface area contributed by atoms with Crippen molar-refractivity contribution in [3.05, 3.63) is 72.6 Å². The topological polar surface area (TPSA) is 252 Å². The van der Waals surface area contributed by atoms with Crippen molar-refractivity contribution in [3.63, 3.8) is 0 Å². The number of likely N-dealkylation sites (tertiary alicyclic amines) is 2. The van der Waals surface area contributed by atoms with Gasteiger partial charge in [-0.05, 0) is 74.2 Å². The van der Waals surface area contributed by atoms with E-state index in [4.69, 9.17) is 25.0 Å². The third kappa shape index (κ3) is 17.4. The standard InChI is InChI=1S/C36H44N6O2.C2H5NO2.C2H4O2.C2H6O.CH5N.2CH4O/c1-5-7-33(43)41-22-23(3)19-32(41)36-38-21-30(40-36)28-16-12-26(13-17-28)25-10-14-27(15-11-25)29-20-37-35(39-29)31-18-9-24(4)42(31)34(44)8-6-2;1-5-2(3)4;1-4-2-3;1-3-2;3*1-2/h10-17,20-21,23-24,31-32H,5-9,18-19,22H2,1-4H3,(H,37,39)(H,38,40);1H3,(H2,3,4);2H,1H3;1-2H3;2H2,1H3;2*2H,1H3/t23?,24-,31?,32?;;;;;;/m0....../s1. The number of nitrogens with one attached hydrogen (secondary N) is 2. The van der Waals surface area contributed by atoms with Crippen LogP contribution < -0.4 is 11.5 Å². The number of ether oxygens (including phenoxy) is 3. The van der Waals surface area contributed by atoms with E-state index in [9.17, 15) is 14.4 Å². The predicted octanol–water partition coefficient (Wildman–Crippen LogP) is 6.25. The van der Waals surface area contributed by atoms with E-state index >= 15 is 0 Å². The largest absolute Gasteiger partial charge is 0.471 e. The molecule has 4 heterocycles. The van der Waals surface area contributed by atoms with Crippen molar-refractivity contribution in [3.8, 4) is 33.6 Å². The van der Waals surface area contributed by atoms with Crippen LogP contribution in [0.1, 0.15) is 96.4 Å². The Bertz CT molecular complexity index is 1730. The van der Waals surface area contributed by atoms with Crippen LogP contribution in [0.25, 0.3) is 33.6 Å². The van der Waals surface area contributed by atoms with E-state index in [0.717, 1.165) is 98.2 Å². The lowest BCUT2D eigenvalue weighted by Gasteiger charge is -2.27. The molecule has 2 aromatic carbocycles. The number of primary amides is 1. The summed E-state index contributed by atoms with van der Waals surface area (Å²) in [6.45, 7) is 9.61. The molecular formula is C45H72N8O9. The van der Waals surface area contributed by atoms with Gasteiger partial charge in [-0.2, -0.15) is 0 Å². The Morgan fingerprint density at radius 3 is 1.52 bits per heavy atom. The van der Waals surface area contributed by atoms with Gasteiger partial charge in [-0.1, -0.05) is 69.3 Å². The minimum atomic E-state index is -0.745. The number of hydrogen-bond donors (Lipinski definition) is 6. The van der Waals surface area contributed by atoms with Gasteiger partial charge in [0.25, 0.3) is 6.47 Å². The third-order valence-corrected chi connectivity index (χ3v) is 9.56. The van der Waals surface area contributed by atoms with E-state index in [1.807, 2.05) is 29.1 Å². The summed E-state index contributed by atoms with van der Waals surface area (Å²) in [5, 5.41) is 14.0. The van der Waals surface area contributed by atoms with E-state index in [1.165, 1.54) is 21.3 Å². The molecule has 17 heteroatoms. The number of carbonyl (C=O) groups excluding carboxylic acids is 4. The number of rotatable bonds is 10. The van der Waals surface area contributed by atoms with Gasteiger partial charge in [-0.3, -0.25) is 14.4 Å². The Morgan fingerprint density at radius 1 is 0.742 bits per heavy atom. The zero-order valence-electron chi connectivity index (χ0n) is 38.5. The Hall–Kier alpha value is -5.62. The van der Waals surface area contributed by atoms with Crippen LogP contribution in [0.15, 0.2) is 60.9 Å². The smallest absolute Gasteiger partial charge is 0.404 e. The number of aromatic amines is 2. The first-order valence-electron chi connectivity index (χ1n) is 20.5. The lowest BCUT2D eigenvalue weighted by atomic mass is 10.0. The summed E-state index contributed by atoms with van der Waals surface area (Å²) in [5.74, 6) is 2.66. The van der Waals surface area contributed by atoms with Crippen molar-refractivity contribution in [2.75, 3.05) is 56.3 Å². The minimum Gasteiger partial charge on any atom is -0.471 e. The predicted molar refractivity (Wildman–Crippen MR) is 242 cm³/mol. The van der Waals surface area contributed by atoms with Gasteiger partial charge in [0.2, 0.25) is 11.8 Å². The molecule has 6 rings (SSSR count). The number of nitrogens with zero attached hydrogens (tertiary/aromatic N) is 4. The second-order valence-corrected chi connectivity index (χ2v) is 13.9. The summed E-state index contributed by atoms with van der Waals surface area (Å²) in [7, 11) is 9.29. The molecule has 17 nitrogen and oxygen atoms in total. The molecule has 3 unspecified atom stereocenters. The van der Waals surface area contributed by atoms with Crippen molar-refractivity contribution in [2.45, 2.75) is 90.8 Å². The molecule has 0 spiro atoms. The van der Waals surface area contributed by atoms with Crippen LogP contribution in [-0.4, -0.2) is 127 Å². The molecule has 3 amide bonds. The first-order chi connectivity index (χ1) is 30.0. The number of imidazole rings is 2. The Labute approximate surface area is 367 Å². The molecule has 2 aliphatic heterocycles. The van der Waals surface area contributed by atoms with Gasteiger partial charge in [0.15, 0.2) is 0 Å². The molecule has 0 aliphatic carbocycles. The van der Waals surface area contributed by atoms with Gasteiger partial charge in [-0.15, -0.1) is 0 Å². The number of methoxy groups -OCH3 is 3. The second-order valence-electron chi connectivity index (χ2n) is 13.9. The summed E-state index contributed by atoms with van der Waals surface area (Å²) in [6, 6.07) is 17.3. The van der Waals surface area contributed by atoms with Crippen molar-refractivity contribution >= 4 is 24.4 Å². The molecule has 62 heavy (non-hydrogen) atoms. The molecule has 8 N–H and O–H groups in total. The average Bonchev–Trinajstić information content (AvgIpc) is 4.14. The maximum atomic E-state index is 12.8. The molecule has 2 aliphatic rings. The number of aromatic nitrogens is 4. The first kappa shape index (κ1) is 56.4. The highest BCUT2D eigenvalue weighted by Crippen LogP contribution is 2.37. The molecule has 0 bridgehead atoms. The number of hydrogen-bond acceptors (Lipinski definition) is 12. The SMILES string of the molecule is CCCC(=O)N1CC(C)CC1c1ncc(-c2ccc(-c3ccc(-c4cnc(C5CC[C@H](C)N5C(=O)CCC)[nH]4)cc3)cc2)[nH]1.CN.CO.CO.COC.COC(N)=O.COC=O. The van der Waals surface area contributed by atoms with Crippen LogP contribution in [0.2, 0.25) is 0 Å². The molecule has 2 fully saturated rings. The maximum absolute atomic E-state index is 12.8. The number of nitrogens with two attached hydrogens (primary N) is 2. The van der Waals surface area contributed by atoms with E-state index in [0.29, 0.717) is 25.2 Å². The Balaban J connectivity index is 0.00000179. The zero-order valence-corrected chi connectivity index (χ0v) is 38.5. The highest BCUT2D eigenvalue weighted by atomic mass is 16.5. The lowest BCUT2D eigenvalue weighted by Crippen LogP contribution is -2.35. The number of aliphatic hydroxyl groups excluding tert-OH is 2. The average molecular weight is 869 g/mol. The van der Waals surface area contributed by atoms with Gasteiger partial charge < -0.3 is 55.7 Å². The summed E-state index contributed by atoms with van der Waals surface area (Å²) in [6.07, 6.45) is 8.79. The van der Waals surface area contributed by atoms with Crippen LogP contribution in [0, 0.1) is 5.92 Å². The molecule has 0 radical (unpaired) electrons. The highest BCUT2D eigenvalue weighted by molar-refractivity contribution is 5.78. The van der Waals surface area contributed by atoms with Crippen LogP contribution in [0.4, 0.5) is 4.79 Å². The monoisotopic (exact) mass is 869 g/mol. The summed E-state index contributed by atoms with van der Waals surface area (Å²) in [5.41, 5.74) is 15.3. The number of carbonyl (C=O) groups is 4.